The summed E-state index contributed by atoms with van der Waals surface area (Å²) in [6, 6.07) is 4.91. The first kappa shape index (κ1) is 10.9. The van der Waals surface area contributed by atoms with Gasteiger partial charge in [0.1, 0.15) is 5.69 Å². The van der Waals surface area contributed by atoms with E-state index in [0.29, 0.717) is 17.7 Å². The molecule has 1 aliphatic rings. The molecule has 0 aliphatic heterocycles. The summed E-state index contributed by atoms with van der Waals surface area (Å²) in [5.41, 5.74) is 0.100. The van der Waals surface area contributed by atoms with Gasteiger partial charge in [-0.2, -0.15) is 0 Å². The van der Waals surface area contributed by atoms with Crippen LogP contribution in [0.4, 0.5) is 0 Å². The molecule has 2 rings (SSSR count). The lowest BCUT2D eigenvalue weighted by Crippen LogP contribution is -2.29. The highest BCUT2D eigenvalue weighted by molar-refractivity contribution is 5.92. The number of carbonyl (C=O) groups is 1. The van der Waals surface area contributed by atoms with Crippen LogP contribution in [0.25, 0.3) is 0 Å². The summed E-state index contributed by atoms with van der Waals surface area (Å²) in [7, 11) is 0. The zero-order valence-electron chi connectivity index (χ0n) is 9.32. The number of pyridine rings is 1. The Kier molecular flexibility index (Phi) is 3.08. The fraction of sp³-hybridized carbons (Fsp3) is 0.500. The van der Waals surface area contributed by atoms with Gasteiger partial charge in [-0.05, 0) is 24.8 Å². The van der Waals surface area contributed by atoms with Gasteiger partial charge in [-0.25, -0.2) is 0 Å². The van der Waals surface area contributed by atoms with Gasteiger partial charge in [0, 0.05) is 12.1 Å². The average Bonchev–Trinajstić information content (AvgIpc) is 2.97. The van der Waals surface area contributed by atoms with Crippen LogP contribution in [0.1, 0.15) is 36.7 Å². The van der Waals surface area contributed by atoms with Crippen molar-refractivity contribution in [2.45, 2.75) is 32.2 Å². The number of amides is 1. The lowest BCUT2D eigenvalue weighted by molar-refractivity contribution is 0.0943. The van der Waals surface area contributed by atoms with Gasteiger partial charge in [-0.1, -0.05) is 19.4 Å². The molecule has 2 N–H and O–H groups in total. The van der Waals surface area contributed by atoms with Crippen molar-refractivity contribution in [2.75, 3.05) is 0 Å². The lowest BCUT2D eigenvalue weighted by Gasteiger charge is -2.03. The maximum absolute atomic E-state index is 11.7. The zero-order valence-corrected chi connectivity index (χ0v) is 9.32. The number of carbonyl (C=O) groups excluding carboxylic acids is 1. The number of nitrogens with one attached hydrogen (secondary N) is 2. The molecule has 4 heteroatoms. The first-order valence-electron chi connectivity index (χ1n) is 5.71. The highest BCUT2D eigenvalue weighted by atomic mass is 16.2. The lowest BCUT2D eigenvalue weighted by atomic mass is 10.2. The number of rotatable bonds is 4. The molecule has 4 nitrogen and oxygen atoms in total. The van der Waals surface area contributed by atoms with Gasteiger partial charge in [-0.3, -0.25) is 9.59 Å². The monoisotopic (exact) mass is 220 g/mol. The molecule has 1 aromatic rings. The molecule has 0 aromatic carbocycles. The summed E-state index contributed by atoms with van der Waals surface area (Å²) >= 11 is 0. The number of hydrogen-bond acceptors (Lipinski definition) is 2. The molecular formula is C12H16N2O2. The molecular weight excluding hydrogens is 204 g/mol. The maximum Gasteiger partial charge on any atom is 0.268 e. The van der Waals surface area contributed by atoms with Crippen molar-refractivity contribution in [1.82, 2.24) is 10.3 Å². The third-order valence-electron chi connectivity index (χ3n) is 2.91. The topological polar surface area (TPSA) is 62.0 Å². The molecule has 1 saturated carbocycles. The molecule has 0 spiro atoms. The SMILES string of the molecule is CCCC1CC1NC(=O)c1cccc(=O)[nH]1. The second-order valence-corrected chi connectivity index (χ2v) is 4.29. The summed E-state index contributed by atoms with van der Waals surface area (Å²) in [6.45, 7) is 2.14. The van der Waals surface area contributed by atoms with E-state index in [2.05, 4.69) is 17.2 Å². The van der Waals surface area contributed by atoms with Gasteiger partial charge in [-0.15, -0.1) is 0 Å². The maximum atomic E-state index is 11.7. The van der Waals surface area contributed by atoms with Crippen LogP contribution in [0.2, 0.25) is 0 Å². The Labute approximate surface area is 94.1 Å². The smallest absolute Gasteiger partial charge is 0.268 e. The summed E-state index contributed by atoms with van der Waals surface area (Å²) in [6.07, 6.45) is 3.38. The summed E-state index contributed by atoms with van der Waals surface area (Å²) in [5.74, 6) is 0.450. The minimum absolute atomic E-state index is 0.179. The van der Waals surface area contributed by atoms with Crippen molar-refractivity contribution < 1.29 is 4.79 Å². The standard InChI is InChI=1S/C12H16N2O2/c1-2-4-8-7-10(8)14-12(16)9-5-3-6-11(15)13-9/h3,5-6,8,10H,2,4,7H2,1H3,(H,13,15)(H,14,16). The van der Waals surface area contributed by atoms with Crippen LogP contribution in [-0.2, 0) is 0 Å². The highest BCUT2D eigenvalue weighted by Gasteiger charge is 2.37. The molecule has 1 amide bonds. The van der Waals surface area contributed by atoms with Gasteiger partial charge < -0.3 is 10.3 Å². The molecule has 2 atom stereocenters. The Bertz CT molecular complexity index is 439. The van der Waals surface area contributed by atoms with Crippen LogP contribution in [0.3, 0.4) is 0 Å². The summed E-state index contributed by atoms with van der Waals surface area (Å²) < 4.78 is 0. The minimum Gasteiger partial charge on any atom is -0.348 e. The number of aromatic nitrogens is 1. The van der Waals surface area contributed by atoms with E-state index in [4.69, 9.17) is 0 Å². The largest absolute Gasteiger partial charge is 0.348 e. The Morgan fingerprint density at radius 3 is 3.06 bits per heavy atom. The second-order valence-electron chi connectivity index (χ2n) is 4.29. The van der Waals surface area contributed by atoms with Crippen molar-refractivity contribution >= 4 is 5.91 Å². The van der Waals surface area contributed by atoms with E-state index < -0.39 is 0 Å². The van der Waals surface area contributed by atoms with Gasteiger partial charge in [0.2, 0.25) is 5.56 Å². The van der Waals surface area contributed by atoms with Crippen LogP contribution in [0.5, 0.6) is 0 Å². The summed E-state index contributed by atoms with van der Waals surface area (Å²) in [4.78, 5) is 25.3. The van der Waals surface area contributed by atoms with E-state index >= 15 is 0 Å². The molecule has 1 heterocycles. The normalized spacial score (nSPS) is 22.8. The molecule has 2 unspecified atom stereocenters. The van der Waals surface area contributed by atoms with Crippen molar-refractivity contribution in [3.8, 4) is 0 Å². The molecule has 0 radical (unpaired) electrons. The Morgan fingerprint density at radius 2 is 2.38 bits per heavy atom. The van der Waals surface area contributed by atoms with Crippen LogP contribution in [0, 0.1) is 5.92 Å². The number of H-pyrrole nitrogens is 1. The Balaban J connectivity index is 1.92. The fourth-order valence-corrected chi connectivity index (χ4v) is 1.94. The van der Waals surface area contributed by atoms with Crippen LogP contribution in [-0.4, -0.2) is 16.9 Å². The third kappa shape index (κ3) is 2.51. The predicted molar refractivity (Wildman–Crippen MR) is 61.3 cm³/mol. The molecule has 86 valence electrons. The first-order valence-corrected chi connectivity index (χ1v) is 5.71. The van der Waals surface area contributed by atoms with Crippen LogP contribution < -0.4 is 10.9 Å². The van der Waals surface area contributed by atoms with Crippen molar-refractivity contribution in [1.29, 1.82) is 0 Å². The van der Waals surface area contributed by atoms with Gasteiger partial charge in [0.25, 0.3) is 5.91 Å². The molecule has 1 aromatic heterocycles. The number of hydrogen-bond donors (Lipinski definition) is 2. The van der Waals surface area contributed by atoms with E-state index in [-0.39, 0.29) is 11.5 Å². The highest BCUT2D eigenvalue weighted by Crippen LogP contribution is 2.34. The quantitative estimate of drug-likeness (QED) is 0.803. The second kappa shape index (κ2) is 4.51. The van der Waals surface area contributed by atoms with E-state index in [1.165, 1.54) is 6.07 Å². The van der Waals surface area contributed by atoms with Crippen LogP contribution in [0.15, 0.2) is 23.0 Å². The van der Waals surface area contributed by atoms with E-state index in [1.807, 2.05) is 0 Å². The van der Waals surface area contributed by atoms with E-state index in [1.54, 1.807) is 12.1 Å². The van der Waals surface area contributed by atoms with Crippen LogP contribution >= 0.6 is 0 Å². The minimum atomic E-state index is -0.242. The fourth-order valence-electron chi connectivity index (χ4n) is 1.94. The average molecular weight is 220 g/mol. The zero-order chi connectivity index (χ0) is 11.5. The van der Waals surface area contributed by atoms with Crippen molar-refractivity contribution in [3.05, 3.63) is 34.2 Å². The van der Waals surface area contributed by atoms with Gasteiger partial charge in [0.05, 0.1) is 0 Å². The first-order chi connectivity index (χ1) is 7.70. The van der Waals surface area contributed by atoms with Crippen molar-refractivity contribution in [3.63, 3.8) is 0 Å². The Hall–Kier alpha value is -1.58. The molecule has 1 aliphatic carbocycles. The molecule has 1 fully saturated rings. The van der Waals surface area contributed by atoms with Gasteiger partial charge in [0.15, 0.2) is 0 Å². The Morgan fingerprint density at radius 1 is 1.56 bits per heavy atom. The van der Waals surface area contributed by atoms with Gasteiger partial charge >= 0.3 is 0 Å². The third-order valence-corrected chi connectivity index (χ3v) is 2.91. The van der Waals surface area contributed by atoms with Crippen molar-refractivity contribution in [2.24, 2.45) is 5.92 Å². The molecule has 0 bridgehead atoms. The molecule has 0 saturated heterocycles. The predicted octanol–water partition coefficient (Wildman–Crippen LogP) is 1.29. The van der Waals surface area contributed by atoms with E-state index in [0.717, 1.165) is 19.3 Å². The number of aromatic amines is 1. The summed E-state index contributed by atoms with van der Waals surface area (Å²) in [5, 5.41) is 2.92. The molecule has 16 heavy (non-hydrogen) atoms. The van der Waals surface area contributed by atoms with E-state index in [9.17, 15) is 9.59 Å².